The second kappa shape index (κ2) is 6.22. The second-order valence-electron chi connectivity index (χ2n) is 7.78. The molecule has 1 fully saturated rings. The Balaban J connectivity index is 2.02. The maximum absolute atomic E-state index is 13.2. The summed E-state index contributed by atoms with van der Waals surface area (Å²) in [6.45, 7) is 10.9. The van der Waals surface area contributed by atoms with Crippen molar-refractivity contribution in [3.05, 3.63) is 35.9 Å². The molecule has 0 radical (unpaired) electrons. The molecule has 0 amide bonds. The molecule has 6 heteroatoms. The average molecular weight is 345 g/mol. The van der Waals surface area contributed by atoms with Gasteiger partial charge >= 0.3 is 6.18 Å². The monoisotopic (exact) mass is 345 g/mol. The van der Waals surface area contributed by atoms with Gasteiger partial charge < -0.3 is 4.43 Å². The van der Waals surface area contributed by atoms with Gasteiger partial charge in [-0.25, -0.2) is 0 Å². The summed E-state index contributed by atoms with van der Waals surface area (Å²) in [7, 11) is -2.03. The first-order valence-corrected chi connectivity index (χ1v) is 10.8. The van der Waals surface area contributed by atoms with Gasteiger partial charge in [-0.15, -0.1) is 0 Å². The van der Waals surface area contributed by atoms with Gasteiger partial charge in [0.1, 0.15) is 6.04 Å². The number of alkyl halides is 3. The quantitative estimate of drug-likeness (QED) is 0.560. The normalized spacial score (nSPS) is 25.5. The summed E-state index contributed by atoms with van der Waals surface area (Å²) in [4.78, 5) is 1.49. The van der Waals surface area contributed by atoms with Crippen LogP contribution in [0.25, 0.3) is 0 Å². The van der Waals surface area contributed by atoms with Crippen molar-refractivity contribution in [1.29, 1.82) is 0 Å². The molecule has 130 valence electrons. The van der Waals surface area contributed by atoms with Crippen LogP contribution in [0.15, 0.2) is 30.3 Å². The molecule has 2 rings (SSSR count). The molecule has 0 saturated carbocycles. The summed E-state index contributed by atoms with van der Waals surface area (Å²) < 4.78 is 45.6. The van der Waals surface area contributed by atoms with Gasteiger partial charge in [-0.1, -0.05) is 51.1 Å². The predicted octanol–water partition coefficient (Wildman–Crippen LogP) is 4.82. The van der Waals surface area contributed by atoms with Crippen molar-refractivity contribution in [2.75, 3.05) is 6.61 Å². The Kier molecular flexibility index (Phi) is 5.00. The Labute approximate surface area is 137 Å². The number of rotatable bonds is 5. The van der Waals surface area contributed by atoms with Crippen LogP contribution in [0.5, 0.6) is 0 Å². The fourth-order valence-corrected chi connectivity index (χ4v) is 3.46. The number of benzene rings is 1. The van der Waals surface area contributed by atoms with Gasteiger partial charge in [0.15, 0.2) is 8.32 Å². The zero-order chi connectivity index (χ0) is 17.5. The minimum absolute atomic E-state index is 0.000120. The highest BCUT2D eigenvalue weighted by Gasteiger charge is 2.62. The molecule has 0 aliphatic carbocycles. The Morgan fingerprint density at radius 2 is 1.65 bits per heavy atom. The summed E-state index contributed by atoms with van der Waals surface area (Å²) in [5, 5.41) is -0.000120. The summed E-state index contributed by atoms with van der Waals surface area (Å²) in [6, 6.07) is 7.34. The lowest BCUT2D eigenvalue weighted by atomic mass is 10.2. The van der Waals surface area contributed by atoms with E-state index in [1.54, 1.807) is 0 Å². The standard InChI is InChI=1S/C17H26F3NOSi/c1-16(2,3)23(4,5)22-12-14-15(17(18,19)20)21(14)11-13-9-7-6-8-10-13/h6-10,14-15H,11-12H2,1-5H3/t14-,15+,21?/m0/s1. The molecule has 1 aromatic carbocycles. The second-order valence-corrected chi connectivity index (χ2v) is 12.6. The van der Waals surface area contributed by atoms with Crippen molar-refractivity contribution in [3.63, 3.8) is 0 Å². The molecule has 0 N–H and O–H groups in total. The maximum atomic E-state index is 13.2. The molecule has 1 aliphatic rings. The van der Waals surface area contributed by atoms with E-state index in [9.17, 15) is 13.2 Å². The van der Waals surface area contributed by atoms with Gasteiger partial charge in [-0.2, -0.15) is 13.2 Å². The first kappa shape index (κ1) is 18.5. The fourth-order valence-electron chi connectivity index (χ4n) is 2.44. The molecule has 3 atom stereocenters. The maximum Gasteiger partial charge on any atom is 0.405 e. The molecule has 1 heterocycles. The van der Waals surface area contributed by atoms with E-state index in [4.69, 9.17) is 4.43 Å². The first-order chi connectivity index (χ1) is 10.4. The lowest BCUT2D eigenvalue weighted by molar-refractivity contribution is -0.138. The van der Waals surface area contributed by atoms with Crippen LogP contribution in [-0.2, 0) is 11.0 Å². The average Bonchev–Trinajstić information content (AvgIpc) is 3.09. The highest BCUT2D eigenvalue weighted by atomic mass is 28.4. The Hall–Kier alpha value is -0.853. The third-order valence-corrected chi connectivity index (χ3v) is 9.52. The van der Waals surface area contributed by atoms with Crippen molar-refractivity contribution < 1.29 is 17.6 Å². The van der Waals surface area contributed by atoms with Crippen LogP contribution in [-0.4, -0.2) is 38.1 Å². The van der Waals surface area contributed by atoms with Crippen LogP contribution in [0.2, 0.25) is 18.1 Å². The number of hydrogen-bond acceptors (Lipinski definition) is 2. The summed E-state index contributed by atoms with van der Waals surface area (Å²) in [5.41, 5.74) is 0.900. The number of halogens is 3. The molecule has 23 heavy (non-hydrogen) atoms. The van der Waals surface area contributed by atoms with Crippen molar-refractivity contribution in [2.45, 2.75) is 63.7 Å². The van der Waals surface area contributed by atoms with Crippen molar-refractivity contribution >= 4 is 8.32 Å². The molecule has 0 spiro atoms. The first-order valence-electron chi connectivity index (χ1n) is 7.94. The Morgan fingerprint density at radius 3 is 2.13 bits per heavy atom. The molecular weight excluding hydrogens is 319 g/mol. The molecule has 1 aromatic rings. The van der Waals surface area contributed by atoms with E-state index in [1.165, 1.54) is 4.90 Å². The van der Waals surface area contributed by atoms with E-state index in [-0.39, 0.29) is 11.6 Å². The molecular formula is C17H26F3NOSi. The van der Waals surface area contributed by atoms with Crippen LogP contribution in [0.3, 0.4) is 0 Å². The Morgan fingerprint density at radius 1 is 1.09 bits per heavy atom. The highest BCUT2D eigenvalue weighted by Crippen LogP contribution is 2.44. The number of nitrogens with zero attached hydrogens (tertiary/aromatic N) is 1. The van der Waals surface area contributed by atoms with Crippen LogP contribution in [0.4, 0.5) is 13.2 Å². The minimum atomic E-state index is -4.20. The summed E-state index contributed by atoms with van der Waals surface area (Å²) >= 11 is 0. The van der Waals surface area contributed by atoms with E-state index < -0.39 is 26.6 Å². The molecule has 0 bridgehead atoms. The van der Waals surface area contributed by atoms with Gasteiger partial charge in [-0.3, -0.25) is 4.90 Å². The highest BCUT2D eigenvalue weighted by molar-refractivity contribution is 6.74. The smallest absolute Gasteiger partial charge is 0.405 e. The lowest BCUT2D eigenvalue weighted by Crippen LogP contribution is -2.42. The van der Waals surface area contributed by atoms with Crippen molar-refractivity contribution in [1.82, 2.24) is 4.90 Å². The fraction of sp³-hybridized carbons (Fsp3) is 0.647. The lowest BCUT2D eigenvalue weighted by Gasteiger charge is -2.36. The SMILES string of the molecule is CC(C)(C)[Si](C)(C)OC[C@H]1[C@H](C(F)(F)F)N1Cc1ccccc1. The Bertz CT molecular complexity index is 525. The van der Waals surface area contributed by atoms with Gasteiger partial charge in [0, 0.05) is 6.54 Å². The van der Waals surface area contributed by atoms with Crippen molar-refractivity contribution in [2.24, 2.45) is 0 Å². The summed E-state index contributed by atoms with van der Waals surface area (Å²) in [6.07, 6.45) is -4.20. The van der Waals surface area contributed by atoms with E-state index in [1.807, 2.05) is 30.3 Å². The van der Waals surface area contributed by atoms with Gasteiger partial charge in [0.25, 0.3) is 0 Å². The third kappa shape index (κ3) is 4.36. The number of hydrogen-bond donors (Lipinski definition) is 0. The molecule has 1 aliphatic heterocycles. The topological polar surface area (TPSA) is 12.2 Å². The molecule has 1 saturated heterocycles. The van der Waals surface area contributed by atoms with E-state index >= 15 is 0 Å². The van der Waals surface area contributed by atoms with Gasteiger partial charge in [-0.05, 0) is 23.7 Å². The van der Waals surface area contributed by atoms with Gasteiger partial charge in [0.2, 0.25) is 0 Å². The van der Waals surface area contributed by atoms with E-state index in [2.05, 4.69) is 33.9 Å². The van der Waals surface area contributed by atoms with Crippen LogP contribution >= 0.6 is 0 Å². The third-order valence-electron chi connectivity index (χ3n) is 5.02. The van der Waals surface area contributed by atoms with Crippen LogP contribution in [0.1, 0.15) is 26.3 Å². The van der Waals surface area contributed by atoms with Gasteiger partial charge in [0.05, 0.1) is 12.6 Å². The molecule has 1 unspecified atom stereocenters. The zero-order valence-corrected chi connectivity index (χ0v) is 15.4. The zero-order valence-electron chi connectivity index (χ0n) is 14.4. The van der Waals surface area contributed by atoms with Crippen molar-refractivity contribution in [3.8, 4) is 0 Å². The molecule has 2 nitrogen and oxygen atoms in total. The van der Waals surface area contributed by atoms with Crippen LogP contribution < -0.4 is 0 Å². The minimum Gasteiger partial charge on any atom is -0.415 e. The van der Waals surface area contributed by atoms with Crippen LogP contribution in [0, 0.1) is 0 Å². The summed E-state index contributed by atoms with van der Waals surface area (Å²) in [5.74, 6) is 0. The molecule has 0 aromatic heterocycles. The predicted molar refractivity (Wildman–Crippen MR) is 88.8 cm³/mol. The van der Waals surface area contributed by atoms with E-state index in [0.29, 0.717) is 6.54 Å². The largest absolute Gasteiger partial charge is 0.415 e. The van der Waals surface area contributed by atoms with E-state index in [0.717, 1.165) is 5.56 Å².